The van der Waals surface area contributed by atoms with Gasteiger partial charge in [-0.05, 0) is 0 Å². The molecule has 0 radical (unpaired) electrons. The number of rotatable bonds is 0. The molecule has 0 amide bonds. The molecule has 1 saturated heterocycles. The first-order valence-corrected chi connectivity index (χ1v) is 2.88. The Hall–Kier alpha value is -0.160. The summed E-state index contributed by atoms with van der Waals surface area (Å²) >= 11 is 0. The van der Waals surface area contributed by atoms with Crippen LogP contribution in [0.2, 0.25) is 0 Å². The van der Waals surface area contributed by atoms with Crippen molar-refractivity contribution in [1.29, 1.82) is 0 Å². The number of nitrogens with two attached hydrogens (primary N) is 1. The van der Waals surface area contributed by atoms with Gasteiger partial charge in [0.05, 0.1) is 6.61 Å². The van der Waals surface area contributed by atoms with E-state index in [0.29, 0.717) is 6.61 Å². The lowest BCUT2D eigenvalue weighted by molar-refractivity contribution is -0.225. The Labute approximate surface area is 53.2 Å². The van der Waals surface area contributed by atoms with Crippen molar-refractivity contribution >= 4 is 0 Å². The summed E-state index contributed by atoms with van der Waals surface area (Å²) in [5.74, 6) is -1.70. The summed E-state index contributed by atoms with van der Waals surface area (Å²) in [6.45, 7) is 0.392. The van der Waals surface area contributed by atoms with Gasteiger partial charge in [-0.15, -0.1) is 0 Å². The van der Waals surface area contributed by atoms with Crippen molar-refractivity contribution in [2.24, 2.45) is 5.73 Å². The lowest BCUT2D eigenvalue weighted by Crippen LogP contribution is -2.47. The largest absolute Gasteiger partial charge is 0.374 e. The Morgan fingerprint density at radius 3 is 2.56 bits per heavy atom. The fourth-order valence-corrected chi connectivity index (χ4v) is 0.912. The average molecular weight is 133 g/mol. The fraction of sp³-hybridized carbons (Fsp3) is 1.00. The molecule has 0 saturated carbocycles. The van der Waals surface area contributed by atoms with E-state index >= 15 is 0 Å². The van der Waals surface area contributed by atoms with Gasteiger partial charge in [0.15, 0.2) is 5.79 Å². The highest BCUT2D eigenvalue weighted by Crippen LogP contribution is 2.13. The molecule has 1 aliphatic rings. The van der Waals surface area contributed by atoms with E-state index in [0.717, 1.165) is 0 Å². The lowest BCUT2D eigenvalue weighted by atomic mass is 10.1. The SMILES string of the molecule is NC1COCC(O)(O)C1. The number of ether oxygens (including phenoxy) is 1. The van der Waals surface area contributed by atoms with Gasteiger partial charge >= 0.3 is 0 Å². The minimum Gasteiger partial charge on any atom is -0.374 e. The van der Waals surface area contributed by atoms with Gasteiger partial charge in [0.1, 0.15) is 6.61 Å². The second kappa shape index (κ2) is 2.22. The molecule has 9 heavy (non-hydrogen) atoms. The summed E-state index contributed by atoms with van der Waals surface area (Å²) in [4.78, 5) is 0. The van der Waals surface area contributed by atoms with Crippen LogP contribution in [-0.4, -0.2) is 35.3 Å². The van der Waals surface area contributed by atoms with Crippen molar-refractivity contribution < 1.29 is 14.9 Å². The molecule has 4 heteroatoms. The lowest BCUT2D eigenvalue weighted by Gasteiger charge is -2.30. The molecule has 0 aromatic carbocycles. The maximum atomic E-state index is 8.90. The fourth-order valence-electron chi connectivity index (χ4n) is 0.912. The van der Waals surface area contributed by atoms with Crippen LogP contribution in [0.5, 0.6) is 0 Å². The summed E-state index contributed by atoms with van der Waals surface area (Å²) in [6.07, 6.45) is 0.201. The highest BCUT2D eigenvalue weighted by molar-refractivity contribution is 4.76. The molecule has 0 aromatic heterocycles. The number of hydrogen-bond donors (Lipinski definition) is 3. The first-order valence-electron chi connectivity index (χ1n) is 2.88. The van der Waals surface area contributed by atoms with Crippen molar-refractivity contribution in [2.75, 3.05) is 13.2 Å². The molecule has 1 aliphatic heterocycles. The summed E-state index contributed by atoms with van der Waals surface area (Å²) < 4.78 is 4.77. The van der Waals surface area contributed by atoms with Crippen LogP contribution in [0, 0.1) is 0 Å². The quantitative estimate of drug-likeness (QED) is 0.348. The maximum Gasteiger partial charge on any atom is 0.188 e. The zero-order valence-electron chi connectivity index (χ0n) is 5.08. The maximum absolute atomic E-state index is 8.90. The minimum absolute atomic E-state index is 0.0271. The van der Waals surface area contributed by atoms with E-state index in [2.05, 4.69) is 0 Å². The third kappa shape index (κ3) is 1.91. The van der Waals surface area contributed by atoms with Gasteiger partial charge < -0.3 is 20.7 Å². The van der Waals surface area contributed by atoms with Crippen LogP contribution >= 0.6 is 0 Å². The zero-order valence-corrected chi connectivity index (χ0v) is 5.08. The van der Waals surface area contributed by atoms with Crippen LogP contribution in [-0.2, 0) is 4.74 Å². The standard InChI is InChI=1S/C5H11NO3/c6-4-1-5(7,8)3-9-2-4/h4,7-8H,1-3,6H2. The summed E-state index contributed by atoms with van der Waals surface area (Å²) in [6, 6.07) is -0.242. The van der Waals surface area contributed by atoms with Crippen molar-refractivity contribution in [3.63, 3.8) is 0 Å². The van der Waals surface area contributed by atoms with Crippen molar-refractivity contribution in [1.82, 2.24) is 0 Å². The van der Waals surface area contributed by atoms with Crippen LogP contribution < -0.4 is 5.73 Å². The van der Waals surface area contributed by atoms with E-state index in [-0.39, 0.29) is 19.1 Å². The van der Waals surface area contributed by atoms with Crippen molar-refractivity contribution in [3.05, 3.63) is 0 Å². The monoisotopic (exact) mass is 133 g/mol. The van der Waals surface area contributed by atoms with E-state index in [1.54, 1.807) is 0 Å². The Balaban J connectivity index is 2.41. The number of aliphatic hydroxyl groups is 2. The smallest absolute Gasteiger partial charge is 0.188 e. The Kier molecular flexibility index (Phi) is 1.72. The minimum atomic E-state index is -1.70. The number of hydrogen-bond acceptors (Lipinski definition) is 4. The predicted molar refractivity (Wildman–Crippen MR) is 30.6 cm³/mol. The van der Waals surface area contributed by atoms with Crippen molar-refractivity contribution in [2.45, 2.75) is 18.2 Å². The topological polar surface area (TPSA) is 75.7 Å². The average Bonchev–Trinajstić information content (AvgIpc) is 1.60. The molecule has 4 nitrogen and oxygen atoms in total. The van der Waals surface area contributed by atoms with E-state index in [1.807, 2.05) is 0 Å². The van der Waals surface area contributed by atoms with E-state index in [9.17, 15) is 0 Å². The van der Waals surface area contributed by atoms with Crippen molar-refractivity contribution in [3.8, 4) is 0 Å². The third-order valence-corrected chi connectivity index (χ3v) is 1.25. The molecule has 0 bridgehead atoms. The second-order valence-corrected chi connectivity index (χ2v) is 2.46. The Morgan fingerprint density at radius 2 is 2.22 bits per heavy atom. The molecule has 4 N–H and O–H groups in total. The van der Waals surface area contributed by atoms with E-state index in [1.165, 1.54) is 0 Å². The molecule has 54 valence electrons. The van der Waals surface area contributed by atoms with Gasteiger partial charge in [-0.1, -0.05) is 0 Å². The van der Waals surface area contributed by atoms with Gasteiger partial charge in [0, 0.05) is 12.5 Å². The summed E-state index contributed by atoms with van der Waals surface area (Å²) in [5.41, 5.74) is 5.37. The van der Waals surface area contributed by atoms with Gasteiger partial charge in [0.2, 0.25) is 0 Å². The zero-order chi connectivity index (χ0) is 6.91. The molecule has 0 aromatic rings. The highest BCUT2D eigenvalue weighted by Gasteiger charge is 2.30. The molecular weight excluding hydrogens is 122 g/mol. The van der Waals surface area contributed by atoms with E-state index < -0.39 is 5.79 Å². The third-order valence-electron chi connectivity index (χ3n) is 1.25. The molecule has 0 spiro atoms. The van der Waals surface area contributed by atoms with Crippen LogP contribution in [0.4, 0.5) is 0 Å². The molecule has 1 fully saturated rings. The first kappa shape index (κ1) is 6.95. The van der Waals surface area contributed by atoms with Crippen LogP contribution in [0.25, 0.3) is 0 Å². The molecule has 0 aliphatic carbocycles. The molecule has 1 rings (SSSR count). The Morgan fingerprint density at radius 1 is 1.56 bits per heavy atom. The second-order valence-electron chi connectivity index (χ2n) is 2.46. The summed E-state index contributed by atoms with van der Waals surface area (Å²) in [5, 5.41) is 17.8. The van der Waals surface area contributed by atoms with E-state index in [4.69, 9.17) is 20.7 Å². The normalized spacial score (nSPS) is 34.3. The molecule has 1 unspecified atom stereocenters. The van der Waals surface area contributed by atoms with Gasteiger partial charge in [-0.3, -0.25) is 0 Å². The predicted octanol–water partition coefficient (Wildman–Crippen LogP) is -1.59. The van der Waals surface area contributed by atoms with Crippen LogP contribution in [0.15, 0.2) is 0 Å². The molecular formula is C5H11NO3. The molecule has 1 atom stereocenters. The van der Waals surface area contributed by atoms with Gasteiger partial charge in [0.25, 0.3) is 0 Å². The van der Waals surface area contributed by atoms with Gasteiger partial charge in [-0.25, -0.2) is 0 Å². The van der Waals surface area contributed by atoms with Crippen LogP contribution in [0.1, 0.15) is 6.42 Å². The molecule has 1 heterocycles. The van der Waals surface area contributed by atoms with Crippen LogP contribution in [0.3, 0.4) is 0 Å². The summed E-state index contributed by atoms with van der Waals surface area (Å²) in [7, 11) is 0. The Bertz CT molecular complexity index is 104. The first-order chi connectivity index (χ1) is 4.10. The highest BCUT2D eigenvalue weighted by atomic mass is 16.6. The van der Waals surface area contributed by atoms with Gasteiger partial charge in [-0.2, -0.15) is 0 Å².